The molecule has 1 fully saturated rings. The van der Waals surface area contributed by atoms with E-state index in [0.717, 1.165) is 31.2 Å². The zero-order valence-electron chi connectivity index (χ0n) is 12.5. The molecule has 0 radical (unpaired) electrons. The zero-order chi connectivity index (χ0) is 14.0. The third-order valence-corrected chi connectivity index (χ3v) is 3.96. The van der Waals surface area contributed by atoms with Gasteiger partial charge in [-0.1, -0.05) is 27.7 Å². The first-order valence-electron chi connectivity index (χ1n) is 7.24. The summed E-state index contributed by atoms with van der Waals surface area (Å²) in [5, 5.41) is 0. The van der Waals surface area contributed by atoms with Gasteiger partial charge in [-0.3, -0.25) is 4.79 Å². The molecule has 0 amide bonds. The number of H-pyrrole nitrogens is 1. The summed E-state index contributed by atoms with van der Waals surface area (Å²) in [6.45, 7) is 10.7. The number of rotatable bonds is 2. The number of nitrogens with zero attached hydrogens (tertiary/aromatic N) is 2. The second kappa shape index (κ2) is 5.35. The van der Waals surface area contributed by atoms with Gasteiger partial charge in [0.05, 0.1) is 0 Å². The van der Waals surface area contributed by atoms with Gasteiger partial charge in [0.25, 0.3) is 5.56 Å². The SMILES string of the molecule is CC(C)c1nc(N2CCCC(C)(C)CC2)cc(=O)[nH]1. The molecule has 19 heavy (non-hydrogen) atoms. The minimum Gasteiger partial charge on any atom is -0.356 e. The van der Waals surface area contributed by atoms with Crippen molar-refractivity contribution in [2.24, 2.45) is 5.41 Å². The van der Waals surface area contributed by atoms with Crippen LogP contribution in [0.25, 0.3) is 0 Å². The average molecular weight is 263 g/mol. The minimum absolute atomic E-state index is 0.0443. The van der Waals surface area contributed by atoms with Gasteiger partial charge in [0.1, 0.15) is 11.6 Å². The zero-order valence-corrected chi connectivity index (χ0v) is 12.5. The highest BCUT2D eigenvalue weighted by Crippen LogP contribution is 2.31. The Morgan fingerprint density at radius 2 is 2.05 bits per heavy atom. The van der Waals surface area contributed by atoms with E-state index in [0.29, 0.717) is 5.41 Å². The first-order chi connectivity index (χ1) is 8.87. The second-order valence-corrected chi connectivity index (χ2v) is 6.65. The van der Waals surface area contributed by atoms with Gasteiger partial charge in [0.15, 0.2) is 0 Å². The van der Waals surface area contributed by atoms with E-state index >= 15 is 0 Å². The number of nitrogens with one attached hydrogen (secondary N) is 1. The van der Waals surface area contributed by atoms with Crippen molar-refractivity contribution in [3.8, 4) is 0 Å². The number of aromatic nitrogens is 2. The van der Waals surface area contributed by atoms with Gasteiger partial charge in [-0.25, -0.2) is 4.98 Å². The van der Waals surface area contributed by atoms with E-state index in [4.69, 9.17) is 0 Å². The predicted octanol–water partition coefficient (Wildman–Crippen LogP) is 2.91. The van der Waals surface area contributed by atoms with E-state index in [-0.39, 0.29) is 11.5 Å². The number of hydrogen-bond donors (Lipinski definition) is 1. The van der Waals surface area contributed by atoms with Gasteiger partial charge in [-0.05, 0) is 24.7 Å². The lowest BCUT2D eigenvalue weighted by Crippen LogP contribution is -2.28. The molecule has 0 bridgehead atoms. The topological polar surface area (TPSA) is 49.0 Å². The van der Waals surface area contributed by atoms with Crippen molar-refractivity contribution >= 4 is 5.82 Å². The highest BCUT2D eigenvalue weighted by Gasteiger charge is 2.24. The van der Waals surface area contributed by atoms with Crippen LogP contribution in [0.3, 0.4) is 0 Å². The normalized spacial score (nSPS) is 19.5. The van der Waals surface area contributed by atoms with Gasteiger partial charge in [0, 0.05) is 25.1 Å². The van der Waals surface area contributed by atoms with Crippen molar-refractivity contribution in [1.29, 1.82) is 0 Å². The molecule has 1 aliphatic rings. The van der Waals surface area contributed by atoms with Crippen LogP contribution in [-0.2, 0) is 0 Å². The molecule has 1 aromatic heterocycles. The predicted molar refractivity (Wildman–Crippen MR) is 78.8 cm³/mol. The van der Waals surface area contributed by atoms with Crippen LogP contribution in [0.15, 0.2) is 10.9 Å². The molecule has 1 N–H and O–H groups in total. The molecule has 106 valence electrons. The molecule has 4 heteroatoms. The van der Waals surface area contributed by atoms with Crippen molar-refractivity contribution < 1.29 is 0 Å². The molecule has 0 aromatic carbocycles. The first kappa shape index (κ1) is 14.1. The van der Waals surface area contributed by atoms with Crippen LogP contribution in [0, 0.1) is 5.41 Å². The fourth-order valence-corrected chi connectivity index (χ4v) is 2.55. The number of aromatic amines is 1. The molecule has 1 aliphatic heterocycles. The summed E-state index contributed by atoms with van der Waals surface area (Å²) >= 11 is 0. The standard InChI is InChI=1S/C15H25N3O/c1-11(2)14-16-12(10-13(19)17-14)18-8-5-6-15(3,4)7-9-18/h10-11H,5-9H2,1-4H3,(H,16,17,19). The van der Waals surface area contributed by atoms with Crippen molar-refractivity contribution in [1.82, 2.24) is 9.97 Å². The molecule has 1 saturated heterocycles. The fraction of sp³-hybridized carbons (Fsp3) is 0.733. The Bertz CT molecular complexity index is 490. The Kier molecular flexibility index (Phi) is 3.97. The summed E-state index contributed by atoms with van der Waals surface area (Å²) in [5.74, 6) is 1.87. The van der Waals surface area contributed by atoms with Gasteiger partial charge in [0.2, 0.25) is 0 Å². The molecule has 2 rings (SSSR count). The quantitative estimate of drug-likeness (QED) is 0.892. The van der Waals surface area contributed by atoms with E-state index in [2.05, 4.69) is 28.7 Å². The summed E-state index contributed by atoms with van der Waals surface area (Å²) in [7, 11) is 0. The maximum Gasteiger partial charge on any atom is 0.252 e. The average Bonchev–Trinajstić information content (AvgIpc) is 2.49. The van der Waals surface area contributed by atoms with Crippen molar-refractivity contribution in [2.45, 2.75) is 52.9 Å². The monoisotopic (exact) mass is 263 g/mol. The van der Waals surface area contributed by atoms with Gasteiger partial charge in [-0.15, -0.1) is 0 Å². The molecule has 0 unspecified atom stereocenters. The Hall–Kier alpha value is -1.32. The second-order valence-electron chi connectivity index (χ2n) is 6.65. The van der Waals surface area contributed by atoms with Crippen LogP contribution in [0.5, 0.6) is 0 Å². The molecule has 4 nitrogen and oxygen atoms in total. The summed E-state index contributed by atoms with van der Waals surface area (Å²) < 4.78 is 0. The smallest absolute Gasteiger partial charge is 0.252 e. The third-order valence-electron chi connectivity index (χ3n) is 3.96. The molecule has 0 aliphatic carbocycles. The summed E-state index contributed by atoms with van der Waals surface area (Å²) in [6.07, 6.45) is 3.56. The molecule has 0 atom stereocenters. The van der Waals surface area contributed by atoms with E-state index in [1.165, 1.54) is 12.8 Å². The van der Waals surface area contributed by atoms with E-state index in [1.807, 2.05) is 13.8 Å². The van der Waals surface area contributed by atoms with Crippen molar-refractivity contribution in [2.75, 3.05) is 18.0 Å². The summed E-state index contributed by atoms with van der Waals surface area (Å²) in [4.78, 5) is 21.5. The molecule has 0 spiro atoms. The highest BCUT2D eigenvalue weighted by atomic mass is 16.1. The van der Waals surface area contributed by atoms with Crippen molar-refractivity contribution in [3.05, 3.63) is 22.2 Å². The lowest BCUT2D eigenvalue weighted by atomic mass is 9.85. The van der Waals surface area contributed by atoms with Gasteiger partial charge >= 0.3 is 0 Å². The number of hydrogen-bond acceptors (Lipinski definition) is 3. The third kappa shape index (κ3) is 3.58. The molecule has 0 saturated carbocycles. The summed E-state index contributed by atoms with van der Waals surface area (Å²) in [6, 6.07) is 1.63. The van der Waals surface area contributed by atoms with Crippen LogP contribution in [0.4, 0.5) is 5.82 Å². The molecule has 2 heterocycles. The Labute approximate surface area is 115 Å². The van der Waals surface area contributed by atoms with E-state index in [1.54, 1.807) is 6.07 Å². The Morgan fingerprint density at radius 1 is 1.32 bits per heavy atom. The lowest BCUT2D eigenvalue weighted by molar-refractivity contribution is 0.325. The van der Waals surface area contributed by atoms with E-state index in [9.17, 15) is 4.79 Å². The molecule has 1 aromatic rings. The van der Waals surface area contributed by atoms with Gasteiger partial charge < -0.3 is 9.88 Å². The lowest BCUT2D eigenvalue weighted by Gasteiger charge is -2.24. The minimum atomic E-state index is -0.0443. The van der Waals surface area contributed by atoms with E-state index < -0.39 is 0 Å². The van der Waals surface area contributed by atoms with Crippen LogP contribution in [-0.4, -0.2) is 23.1 Å². The maximum atomic E-state index is 11.7. The fourth-order valence-electron chi connectivity index (χ4n) is 2.55. The largest absolute Gasteiger partial charge is 0.356 e. The van der Waals surface area contributed by atoms with Crippen LogP contribution < -0.4 is 10.5 Å². The Morgan fingerprint density at radius 3 is 2.74 bits per heavy atom. The van der Waals surface area contributed by atoms with Crippen LogP contribution in [0.1, 0.15) is 58.7 Å². The first-order valence-corrected chi connectivity index (χ1v) is 7.24. The van der Waals surface area contributed by atoms with Crippen LogP contribution in [0.2, 0.25) is 0 Å². The Balaban J connectivity index is 2.24. The van der Waals surface area contributed by atoms with Crippen LogP contribution >= 0.6 is 0 Å². The highest BCUT2D eigenvalue weighted by molar-refractivity contribution is 5.38. The maximum absolute atomic E-state index is 11.7. The van der Waals surface area contributed by atoms with Gasteiger partial charge in [-0.2, -0.15) is 0 Å². The number of anilines is 1. The molecular weight excluding hydrogens is 238 g/mol. The molecular formula is C15H25N3O. The van der Waals surface area contributed by atoms with Crippen molar-refractivity contribution in [3.63, 3.8) is 0 Å². The summed E-state index contributed by atoms with van der Waals surface area (Å²) in [5.41, 5.74) is 0.355.